The molecule has 9 heavy (non-hydrogen) atoms. The van der Waals surface area contributed by atoms with E-state index in [1.807, 2.05) is 6.55 Å². The quantitative estimate of drug-likeness (QED) is 0.373. The van der Waals surface area contributed by atoms with Crippen molar-refractivity contribution in [2.24, 2.45) is 0 Å². The summed E-state index contributed by atoms with van der Waals surface area (Å²) in [4.78, 5) is 0. The van der Waals surface area contributed by atoms with Gasteiger partial charge in [0.1, 0.15) is 0 Å². The summed E-state index contributed by atoms with van der Waals surface area (Å²) in [6.07, 6.45) is 0.960. The second-order valence-corrected chi connectivity index (χ2v) is 7.99. The zero-order chi connectivity index (χ0) is 7.33. The van der Waals surface area contributed by atoms with Gasteiger partial charge in [-0.15, -0.1) is 22.7 Å². The SMILES string of the molecule is CO[Si](C)(Cl)CCCCl. The zero-order valence-corrected chi connectivity index (χ0v) is 8.30. The summed E-state index contributed by atoms with van der Waals surface area (Å²) in [5, 5.41) is 0. The van der Waals surface area contributed by atoms with Gasteiger partial charge in [0.05, 0.1) is 0 Å². The molecule has 0 aliphatic carbocycles. The molecule has 0 spiro atoms. The largest absolute Gasteiger partial charge is 0.407 e. The highest BCUT2D eigenvalue weighted by molar-refractivity contribution is 7.16. The molecular weight excluding hydrogens is 175 g/mol. The molecule has 0 heterocycles. The van der Waals surface area contributed by atoms with E-state index in [4.69, 9.17) is 27.1 Å². The zero-order valence-electron chi connectivity index (χ0n) is 5.79. The molecule has 1 atom stereocenters. The molecule has 4 heteroatoms. The fourth-order valence-electron chi connectivity index (χ4n) is 0.485. The normalized spacial score (nSPS) is 17.3. The lowest BCUT2D eigenvalue weighted by atomic mass is 10.6. The fraction of sp³-hybridized carbons (Fsp3) is 1.00. The lowest BCUT2D eigenvalue weighted by Gasteiger charge is -2.15. The Balaban J connectivity index is 3.33. The van der Waals surface area contributed by atoms with Crippen molar-refractivity contribution in [1.82, 2.24) is 0 Å². The summed E-state index contributed by atoms with van der Waals surface area (Å²) in [5.41, 5.74) is 0. The summed E-state index contributed by atoms with van der Waals surface area (Å²) in [5.74, 6) is 0.679. The Bertz CT molecular complexity index is 77.4. The van der Waals surface area contributed by atoms with Crippen LogP contribution in [-0.2, 0) is 4.43 Å². The Morgan fingerprint density at radius 2 is 2.11 bits per heavy atom. The van der Waals surface area contributed by atoms with E-state index in [1.165, 1.54) is 0 Å². The first-order valence-corrected chi connectivity index (χ1v) is 7.08. The van der Waals surface area contributed by atoms with Gasteiger partial charge in [-0.1, -0.05) is 0 Å². The molecule has 0 aliphatic rings. The highest BCUT2D eigenvalue weighted by atomic mass is 35.6. The third kappa shape index (κ3) is 5.21. The predicted molar refractivity (Wildman–Crippen MR) is 44.6 cm³/mol. The van der Waals surface area contributed by atoms with Crippen molar-refractivity contribution in [2.45, 2.75) is 19.0 Å². The average molecular weight is 187 g/mol. The first-order valence-electron chi connectivity index (χ1n) is 2.92. The molecule has 0 saturated heterocycles. The Hall–Kier alpha value is 0.757. The third-order valence-electron chi connectivity index (χ3n) is 1.18. The predicted octanol–water partition coefficient (Wildman–Crippen LogP) is 2.57. The maximum Gasteiger partial charge on any atom is 0.286 e. The molecule has 56 valence electrons. The molecule has 0 radical (unpaired) electrons. The van der Waals surface area contributed by atoms with Crippen LogP contribution in [0.25, 0.3) is 0 Å². The second kappa shape index (κ2) is 4.55. The molecule has 0 bridgehead atoms. The van der Waals surface area contributed by atoms with Crippen LogP contribution in [0, 0.1) is 0 Å². The summed E-state index contributed by atoms with van der Waals surface area (Å²) >= 11 is 11.4. The topological polar surface area (TPSA) is 9.23 Å². The van der Waals surface area contributed by atoms with Crippen LogP contribution in [0.3, 0.4) is 0 Å². The van der Waals surface area contributed by atoms with Crippen molar-refractivity contribution in [1.29, 1.82) is 0 Å². The van der Waals surface area contributed by atoms with E-state index in [-0.39, 0.29) is 0 Å². The van der Waals surface area contributed by atoms with Gasteiger partial charge in [-0.3, -0.25) is 0 Å². The van der Waals surface area contributed by atoms with E-state index in [2.05, 4.69) is 0 Å². The summed E-state index contributed by atoms with van der Waals surface area (Å²) in [6, 6.07) is 0.939. The van der Waals surface area contributed by atoms with Crippen molar-refractivity contribution in [3.05, 3.63) is 0 Å². The van der Waals surface area contributed by atoms with Gasteiger partial charge in [-0.05, 0) is 19.0 Å². The smallest absolute Gasteiger partial charge is 0.286 e. The van der Waals surface area contributed by atoms with Crippen LogP contribution < -0.4 is 0 Å². The standard InChI is InChI=1S/C5H12Cl2OSi/c1-8-9(2,7)5-3-4-6/h3-5H2,1-2H3. The Kier molecular flexibility index (Phi) is 4.94. The van der Waals surface area contributed by atoms with Gasteiger partial charge >= 0.3 is 0 Å². The van der Waals surface area contributed by atoms with E-state index in [0.717, 1.165) is 12.5 Å². The molecule has 0 aromatic heterocycles. The van der Waals surface area contributed by atoms with Crippen LogP contribution in [0.1, 0.15) is 6.42 Å². The molecular formula is C5H12Cl2OSi. The highest BCUT2D eigenvalue weighted by Crippen LogP contribution is 2.17. The van der Waals surface area contributed by atoms with Crippen LogP contribution in [0.15, 0.2) is 0 Å². The van der Waals surface area contributed by atoms with Crippen molar-refractivity contribution in [3.8, 4) is 0 Å². The average Bonchev–Trinajstić information content (AvgIpc) is 1.84. The lowest BCUT2D eigenvalue weighted by molar-refractivity contribution is 0.415. The van der Waals surface area contributed by atoms with Gasteiger partial charge in [-0.25, -0.2) is 0 Å². The molecule has 0 aromatic rings. The summed E-state index contributed by atoms with van der Waals surface area (Å²) < 4.78 is 5.09. The first-order chi connectivity index (χ1) is 4.12. The lowest BCUT2D eigenvalue weighted by Crippen LogP contribution is -2.24. The molecule has 0 aliphatic heterocycles. The fourth-order valence-corrected chi connectivity index (χ4v) is 2.26. The van der Waals surface area contributed by atoms with Crippen LogP contribution in [0.4, 0.5) is 0 Å². The monoisotopic (exact) mass is 186 g/mol. The van der Waals surface area contributed by atoms with Crippen molar-refractivity contribution < 1.29 is 4.43 Å². The van der Waals surface area contributed by atoms with Crippen molar-refractivity contribution in [3.63, 3.8) is 0 Å². The minimum Gasteiger partial charge on any atom is -0.407 e. The van der Waals surface area contributed by atoms with Gasteiger partial charge in [0.15, 0.2) is 0 Å². The molecule has 1 unspecified atom stereocenters. The van der Waals surface area contributed by atoms with Crippen LogP contribution in [0.2, 0.25) is 12.6 Å². The highest BCUT2D eigenvalue weighted by Gasteiger charge is 2.22. The first kappa shape index (κ1) is 9.76. The molecule has 0 amide bonds. The maximum absolute atomic E-state index is 5.96. The summed E-state index contributed by atoms with van der Waals surface area (Å²) in [6.45, 7) is 1.97. The number of alkyl halides is 1. The van der Waals surface area contributed by atoms with Crippen molar-refractivity contribution in [2.75, 3.05) is 13.0 Å². The molecule has 0 saturated carbocycles. The Morgan fingerprint density at radius 1 is 1.56 bits per heavy atom. The molecule has 0 fully saturated rings. The maximum atomic E-state index is 5.96. The minimum absolute atomic E-state index is 0.679. The van der Waals surface area contributed by atoms with Crippen LogP contribution in [-0.4, -0.2) is 20.6 Å². The number of rotatable bonds is 4. The molecule has 0 aromatic carbocycles. The van der Waals surface area contributed by atoms with Gasteiger partial charge < -0.3 is 4.43 Å². The number of halogens is 2. The number of hydrogen-bond acceptors (Lipinski definition) is 1. The molecule has 1 nitrogen and oxygen atoms in total. The van der Waals surface area contributed by atoms with E-state index < -0.39 is 7.63 Å². The molecule has 0 N–H and O–H groups in total. The van der Waals surface area contributed by atoms with Gasteiger partial charge in [0, 0.05) is 13.0 Å². The van der Waals surface area contributed by atoms with Gasteiger partial charge in [0.2, 0.25) is 0 Å². The number of hydrogen-bond donors (Lipinski definition) is 0. The van der Waals surface area contributed by atoms with Crippen molar-refractivity contribution >= 4 is 30.3 Å². The molecule has 0 rings (SSSR count). The Labute approximate surface area is 67.1 Å². The second-order valence-electron chi connectivity index (χ2n) is 2.10. The van der Waals surface area contributed by atoms with E-state index in [9.17, 15) is 0 Å². The van der Waals surface area contributed by atoms with Crippen LogP contribution in [0.5, 0.6) is 0 Å². The van der Waals surface area contributed by atoms with Gasteiger partial charge in [-0.2, -0.15) is 0 Å². The third-order valence-corrected chi connectivity index (χ3v) is 4.58. The van der Waals surface area contributed by atoms with E-state index in [0.29, 0.717) is 5.88 Å². The minimum atomic E-state index is -1.81. The van der Waals surface area contributed by atoms with E-state index in [1.54, 1.807) is 7.11 Å². The van der Waals surface area contributed by atoms with E-state index >= 15 is 0 Å². The van der Waals surface area contributed by atoms with Crippen LogP contribution >= 0.6 is 22.7 Å². The Morgan fingerprint density at radius 3 is 2.44 bits per heavy atom. The van der Waals surface area contributed by atoms with Gasteiger partial charge in [0.25, 0.3) is 7.63 Å². The summed E-state index contributed by atoms with van der Waals surface area (Å²) in [7, 11) is -0.150.